The van der Waals surface area contributed by atoms with Crippen molar-refractivity contribution < 1.29 is 14.3 Å². The molecule has 0 radical (unpaired) electrons. The van der Waals surface area contributed by atoms with Gasteiger partial charge in [-0.25, -0.2) is 4.68 Å². The molecule has 0 saturated heterocycles. The molecule has 6 nitrogen and oxygen atoms in total. The maximum atomic E-state index is 13.3. The van der Waals surface area contributed by atoms with Gasteiger partial charge >= 0.3 is 0 Å². The van der Waals surface area contributed by atoms with Crippen molar-refractivity contribution in [3.63, 3.8) is 0 Å². The fourth-order valence-corrected chi connectivity index (χ4v) is 4.47. The molecule has 2 aromatic heterocycles. The zero-order valence-electron chi connectivity index (χ0n) is 18.6. The van der Waals surface area contributed by atoms with Crippen molar-refractivity contribution in [3.05, 3.63) is 88.2 Å². The number of ether oxygens (including phenoxy) is 2. The Labute approximate surface area is 197 Å². The second-order valence-corrected chi connectivity index (χ2v) is 8.98. The van der Waals surface area contributed by atoms with Crippen LogP contribution in [-0.2, 0) is 6.54 Å². The van der Waals surface area contributed by atoms with E-state index in [9.17, 15) is 4.79 Å². The average Bonchev–Trinajstić information content (AvgIpc) is 3.44. The summed E-state index contributed by atoms with van der Waals surface area (Å²) in [6, 6.07) is 21.4. The highest BCUT2D eigenvalue weighted by Gasteiger charge is 2.35. The number of aryl methyl sites for hydroxylation is 1. The highest BCUT2D eigenvalue weighted by Crippen LogP contribution is 2.36. The second-order valence-electron chi connectivity index (χ2n) is 8.04. The van der Waals surface area contributed by atoms with E-state index in [4.69, 9.17) is 14.6 Å². The molecule has 168 valence electrons. The van der Waals surface area contributed by atoms with Crippen LogP contribution in [0.2, 0.25) is 0 Å². The standard InChI is InChI=1S/C26H25N3O3S/c1-18-23(17-28(19-10-11-19)25(30)24-9-6-16-33-24)26(29(27-18)20-7-4-3-5-8-20)32-22-14-12-21(31-2)13-15-22/h3-9,12-16,19H,10-11,17H2,1-2H3. The van der Waals surface area contributed by atoms with E-state index in [1.165, 1.54) is 11.3 Å². The Morgan fingerprint density at radius 1 is 1.06 bits per heavy atom. The van der Waals surface area contributed by atoms with E-state index in [1.807, 2.05) is 88.6 Å². The molecule has 0 unspecified atom stereocenters. The van der Waals surface area contributed by atoms with E-state index in [2.05, 4.69) is 0 Å². The van der Waals surface area contributed by atoms with Crippen molar-refractivity contribution in [2.24, 2.45) is 0 Å². The molecular formula is C26H25N3O3S. The largest absolute Gasteiger partial charge is 0.497 e. The predicted molar refractivity (Wildman–Crippen MR) is 129 cm³/mol. The molecule has 1 fully saturated rings. The van der Waals surface area contributed by atoms with Crippen molar-refractivity contribution in [2.45, 2.75) is 32.4 Å². The second kappa shape index (κ2) is 9.11. The Bertz CT molecular complexity index is 1230. The average molecular weight is 460 g/mol. The summed E-state index contributed by atoms with van der Waals surface area (Å²) in [4.78, 5) is 16.0. The minimum absolute atomic E-state index is 0.0646. The maximum absolute atomic E-state index is 13.3. The normalized spacial score (nSPS) is 13.0. The lowest BCUT2D eigenvalue weighted by Crippen LogP contribution is -2.32. The first-order valence-corrected chi connectivity index (χ1v) is 11.8. The van der Waals surface area contributed by atoms with Crippen molar-refractivity contribution >= 4 is 17.2 Å². The number of para-hydroxylation sites is 1. The molecule has 5 rings (SSSR count). The molecule has 0 aliphatic heterocycles. The van der Waals surface area contributed by atoms with E-state index in [0.717, 1.165) is 40.4 Å². The third-order valence-electron chi connectivity index (χ3n) is 5.72. The Morgan fingerprint density at radius 3 is 2.42 bits per heavy atom. The first-order valence-electron chi connectivity index (χ1n) is 10.9. The highest BCUT2D eigenvalue weighted by molar-refractivity contribution is 7.12. The molecule has 33 heavy (non-hydrogen) atoms. The van der Waals surface area contributed by atoms with Crippen LogP contribution in [0.25, 0.3) is 5.69 Å². The fraction of sp³-hybridized carbons (Fsp3) is 0.231. The van der Waals surface area contributed by atoms with Crippen LogP contribution in [-0.4, -0.2) is 33.7 Å². The van der Waals surface area contributed by atoms with Gasteiger partial charge < -0.3 is 14.4 Å². The molecule has 0 bridgehead atoms. The van der Waals surface area contributed by atoms with Gasteiger partial charge in [0.05, 0.1) is 35.5 Å². The number of carbonyl (C=O) groups is 1. The summed E-state index contributed by atoms with van der Waals surface area (Å²) in [5.41, 5.74) is 2.65. The smallest absolute Gasteiger partial charge is 0.264 e. The Kier molecular flexibility index (Phi) is 5.88. The summed E-state index contributed by atoms with van der Waals surface area (Å²) in [5.74, 6) is 2.12. The van der Waals surface area contributed by atoms with Gasteiger partial charge in [-0.2, -0.15) is 5.10 Å². The zero-order chi connectivity index (χ0) is 22.8. The number of hydrogen-bond acceptors (Lipinski definition) is 5. The van der Waals surface area contributed by atoms with Crippen molar-refractivity contribution in [3.8, 4) is 23.1 Å². The minimum Gasteiger partial charge on any atom is -0.497 e. The van der Waals surface area contributed by atoms with Crippen molar-refractivity contribution in [2.75, 3.05) is 7.11 Å². The first-order chi connectivity index (χ1) is 16.1. The molecule has 0 atom stereocenters. The van der Waals surface area contributed by atoms with E-state index < -0.39 is 0 Å². The molecule has 2 heterocycles. The lowest BCUT2D eigenvalue weighted by Gasteiger charge is -2.22. The van der Waals surface area contributed by atoms with Gasteiger partial charge in [0, 0.05) is 6.04 Å². The fourth-order valence-electron chi connectivity index (χ4n) is 3.79. The van der Waals surface area contributed by atoms with Crippen LogP contribution in [0.1, 0.15) is 33.8 Å². The number of hydrogen-bond donors (Lipinski definition) is 0. The number of aromatic nitrogens is 2. The van der Waals surface area contributed by atoms with Crippen LogP contribution in [0.3, 0.4) is 0 Å². The van der Waals surface area contributed by atoms with Gasteiger partial charge in [0.25, 0.3) is 5.91 Å². The topological polar surface area (TPSA) is 56.6 Å². The van der Waals surface area contributed by atoms with Crippen LogP contribution in [0, 0.1) is 6.92 Å². The molecule has 0 N–H and O–H groups in total. The molecule has 2 aromatic carbocycles. The molecule has 4 aromatic rings. The molecule has 7 heteroatoms. The molecule has 1 saturated carbocycles. The molecule has 1 amide bonds. The first kappa shape index (κ1) is 21.3. The zero-order valence-corrected chi connectivity index (χ0v) is 19.4. The highest BCUT2D eigenvalue weighted by atomic mass is 32.1. The molecule has 1 aliphatic rings. The summed E-state index contributed by atoms with van der Waals surface area (Å²) >= 11 is 1.48. The number of thiophene rings is 1. The molecular weight excluding hydrogens is 434 g/mol. The Hall–Kier alpha value is -3.58. The SMILES string of the molecule is COc1ccc(Oc2c(CN(C(=O)c3cccs3)C3CC3)c(C)nn2-c2ccccc2)cc1. The maximum Gasteiger partial charge on any atom is 0.264 e. The number of rotatable bonds is 8. The van der Waals surface area contributed by atoms with E-state index >= 15 is 0 Å². The summed E-state index contributed by atoms with van der Waals surface area (Å²) in [6.07, 6.45) is 2.05. The van der Waals surface area contributed by atoms with Gasteiger partial charge in [-0.05, 0) is 67.6 Å². The van der Waals surface area contributed by atoms with Gasteiger partial charge in [0.2, 0.25) is 5.88 Å². The quantitative estimate of drug-likeness (QED) is 0.332. The predicted octanol–water partition coefficient (Wildman–Crippen LogP) is 5.85. The number of methoxy groups -OCH3 is 1. The van der Waals surface area contributed by atoms with Crippen LogP contribution in [0.5, 0.6) is 17.4 Å². The van der Waals surface area contributed by atoms with Gasteiger partial charge in [-0.3, -0.25) is 4.79 Å². The Balaban J connectivity index is 1.54. The Morgan fingerprint density at radius 2 is 1.79 bits per heavy atom. The van der Waals surface area contributed by atoms with E-state index in [-0.39, 0.29) is 11.9 Å². The third-order valence-corrected chi connectivity index (χ3v) is 6.58. The van der Waals surface area contributed by atoms with E-state index in [1.54, 1.807) is 7.11 Å². The van der Waals surface area contributed by atoms with Gasteiger partial charge in [0.1, 0.15) is 11.5 Å². The van der Waals surface area contributed by atoms with Crippen molar-refractivity contribution in [1.29, 1.82) is 0 Å². The van der Waals surface area contributed by atoms with Crippen LogP contribution in [0.15, 0.2) is 72.1 Å². The van der Waals surface area contributed by atoms with Gasteiger partial charge in [-0.1, -0.05) is 24.3 Å². The van der Waals surface area contributed by atoms with E-state index in [0.29, 0.717) is 18.2 Å². The summed E-state index contributed by atoms with van der Waals surface area (Å²) in [5, 5.41) is 6.74. The molecule has 1 aliphatic carbocycles. The van der Waals surface area contributed by atoms with Crippen molar-refractivity contribution in [1.82, 2.24) is 14.7 Å². The summed E-state index contributed by atoms with van der Waals surface area (Å²) < 4.78 is 13.5. The number of amides is 1. The number of nitrogens with zero attached hydrogens (tertiary/aromatic N) is 3. The van der Waals surface area contributed by atoms with Crippen LogP contribution < -0.4 is 9.47 Å². The van der Waals surface area contributed by atoms with Gasteiger partial charge in [-0.15, -0.1) is 11.3 Å². The lowest BCUT2D eigenvalue weighted by molar-refractivity contribution is 0.0733. The summed E-state index contributed by atoms with van der Waals surface area (Å²) in [6.45, 7) is 2.42. The number of carbonyl (C=O) groups excluding carboxylic acids is 1. The summed E-state index contributed by atoms with van der Waals surface area (Å²) in [7, 11) is 1.64. The monoisotopic (exact) mass is 459 g/mol. The van der Waals surface area contributed by atoms with Crippen LogP contribution >= 0.6 is 11.3 Å². The minimum atomic E-state index is 0.0646. The third kappa shape index (κ3) is 4.50. The van der Waals surface area contributed by atoms with Crippen LogP contribution in [0.4, 0.5) is 0 Å². The van der Waals surface area contributed by atoms with Gasteiger partial charge in [0.15, 0.2) is 0 Å². The molecule has 0 spiro atoms. The number of benzene rings is 2. The lowest BCUT2D eigenvalue weighted by atomic mass is 10.2.